The molecule has 2 aromatic rings. The van der Waals surface area contributed by atoms with E-state index in [0.29, 0.717) is 16.9 Å². The Bertz CT molecular complexity index is 605. The zero-order chi connectivity index (χ0) is 16.1. The lowest BCUT2D eigenvalue weighted by atomic mass is 9.94. The van der Waals surface area contributed by atoms with Gasteiger partial charge in [0.05, 0.1) is 11.6 Å². The van der Waals surface area contributed by atoms with Crippen LogP contribution >= 0.6 is 11.6 Å². The fraction of sp³-hybridized carbons (Fsp3) is 0.625. The summed E-state index contributed by atoms with van der Waals surface area (Å²) >= 11 is 5.91. The van der Waals surface area contributed by atoms with Gasteiger partial charge in [-0.15, -0.1) is 5.10 Å². The van der Waals surface area contributed by atoms with Crippen molar-refractivity contribution in [1.82, 2.24) is 30.1 Å². The quantitative estimate of drug-likeness (QED) is 0.811. The van der Waals surface area contributed by atoms with E-state index in [1.807, 2.05) is 6.07 Å². The van der Waals surface area contributed by atoms with Gasteiger partial charge < -0.3 is 0 Å². The number of tetrazole rings is 1. The molecule has 0 spiro atoms. The van der Waals surface area contributed by atoms with Gasteiger partial charge in [-0.1, -0.05) is 37.8 Å². The van der Waals surface area contributed by atoms with Crippen LogP contribution in [0.15, 0.2) is 18.3 Å². The maximum Gasteiger partial charge on any atom is 0.172 e. The van der Waals surface area contributed by atoms with Crippen LogP contribution in [-0.2, 0) is 6.54 Å². The average molecular weight is 335 g/mol. The number of hydrogen-bond donors (Lipinski definition) is 0. The van der Waals surface area contributed by atoms with Crippen molar-refractivity contribution < 1.29 is 0 Å². The summed E-state index contributed by atoms with van der Waals surface area (Å²) in [6.07, 6.45) is 9.33. The number of nitrogens with zero attached hydrogens (tertiary/aromatic N) is 6. The topological polar surface area (TPSA) is 59.7 Å². The van der Waals surface area contributed by atoms with Gasteiger partial charge in [0.25, 0.3) is 0 Å². The van der Waals surface area contributed by atoms with Crippen LogP contribution in [0.1, 0.15) is 51.3 Å². The maximum absolute atomic E-state index is 5.91. The number of aromatic nitrogens is 5. The molecule has 7 heteroatoms. The normalized spacial score (nSPS) is 16.1. The molecule has 3 rings (SSSR count). The van der Waals surface area contributed by atoms with E-state index >= 15 is 0 Å². The molecule has 1 aliphatic rings. The van der Waals surface area contributed by atoms with E-state index in [-0.39, 0.29) is 0 Å². The van der Waals surface area contributed by atoms with E-state index < -0.39 is 0 Å². The lowest BCUT2D eigenvalue weighted by molar-refractivity contribution is 0.143. The average Bonchev–Trinajstić information content (AvgIpc) is 3.04. The van der Waals surface area contributed by atoms with E-state index in [0.717, 1.165) is 25.3 Å². The molecule has 1 fully saturated rings. The zero-order valence-electron chi connectivity index (χ0n) is 13.5. The Morgan fingerprint density at radius 1 is 1.26 bits per heavy atom. The third-order valence-corrected chi connectivity index (χ3v) is 4.63. The SMILES string of the molecule is CCCN(Cc1nnnn1-c1ccc(Cl)cn1)C1CCCCC1. The summed E-state index contributed by atoms with van der Waals surface area (Å²) < 4.78 is 1.71. The van der Waals surface area contributed by atoms with Crippen LogP contribution in [0, 0.1) is 0 Å². The van der Waals surface area contributed by atoms with Gasteiger partial charge in [-0.05, 0) is 48.4 Å². The molecule has 0 saturated heterocycles. The number of halogens is 1. The van der Waals surface area contributed by atoms with E-state index in [1.54, 1.807) is 16.9 Å². The van der Waals surface area contributed by atoms with Gasteiger partial charge in [-0.2, -0.15) is 4.68 Å². The molecule has 0 atom stereocenters. The van der Waals surface area contributed by atoms with Gasteiger partial charge in [0.15, 0.2) is 11.6 Å². The molecule has 0 radical (unpaired) electrons. The highest BCUT2D eigenvalue weighted by Gasteiger charge is 2.23. The molecule has 2 heterocycles. The second-order valence-electron chi connectivity index (χ2n) is 6.10. The summed E-state index contributed by atoms with van der Waals surface area (Å²) in [5, 5.41) is 12.8. The molecule has 23 heavy (non-hydrogen) atoms. The van der Waals surface area contributed by atoms with E-state index in [2.05, 4.69) is 32.3 Å². The van der Waals surface area contributed by atoms with Crippen molar-refractivity contribution in [3.05, 3.63) is 29.2 Å². The van der Waals surface area contributed by atoms with Gasteiger partial charge in [0.1, 0.15) is 0 Å². The molecule has 0 amide bonds. The molecule has 6 nitrogen and oxygen atoms in total. The molecule has 0 aromatic carbocycles. The highest BCUT2D eigenvalue weighted by Crippen LogP contribution is 2.24. The molecular weight excluding hydrogens is 312 g/mol. The van der Waals surface area contributed by atoms with Crippen molar-refractivity contribution in [3.8, 4) is 5.82 Å². The van der Waals surface area contributed by atoms with Crippen LogP contribution < -0.4 is 0 Å². The standard InChI is InChI=1S/C16H23ClN6/c1-2-10-22(14-6-4-3-5-7-14)12-16-19-20-21-23(16)15-9-8-13(17)11-18-15/h8-9,11,14H,2-7,10,12H2,1H3. The summed E-state index contributed by atoms with van der Waals surface area (Å²) in [5.74, 6) is 1.54. The van der Waals surface area contributed by atoms with Crippen molar-refractivity contribution >= 4 is 11.6 Å². The summed E-state index contributed by atoms with van der Waals surface area (Å²) in [6.45, 7) is 4.06. The van der Waals surface area contributed by atoms with Crippen molar-refractivity contribution in [1.29, 1.82) is 0 Å². The van der Waals surface area contributed by atoms with E-state index in [9.17, 15) is 0 Å². The highest BCUT2D eigenvalue weighted by molar-refractivity contribution is 6.30. The second kappa shape index (κ2) is 7.84. The van der Waals surface area contributed by atoms with Crippen LogP contribution in [-0.4, -0.2) is 42.7 Å². The zero-order valence-corrected chi connectivity index (χ0v) is 14.3. The first kappa shape index (κ1) is 16.3. The van der Waals surface area contributed by atoms with Gasteiger partial charge in [-0.3, -0.25) is 4.90 Å². The van der Waals surface area contributed by atoms with Gasteiger partial charge in [0.2, 0.25) is 0 Å². The first-order valence-electron chi connectivity index (χ1n) is 8.41. The first-order chi connectivity index (χ1) is 11.3. The van der Waals surface area contributed by atoms with E-state index in [4.69, 9.17) is 11.6 Å². The predicted octanol–water partition coefficient (Wildman–Crippen LogP) is 3.26. The molecule has 2 aromatic heterocycles. The molecule has 124 valence electrons. The Morgan fingerprint density at radius 2 is 2.09 bits per heavy atom. The van der Waals surface area contributed by atoms with Crippen molar-refractivity contribution in [2.24, 2.45) is 0 Å². The van der Waals surface area contributed by atoms with Crippen molar-refractivity contribution in [3.63, 3.8) is 0 Å². The molecular formula is C16H23ClN6. The summed E-state index contributed by atoms with van der Waals surface area (Å²) in [4.78, 5) is 6.84. The molecule has 0 N–H and O–H groups in total. The largest absolute Gasteiger partial charge is 0.293 e. The lowest BCUT2D eigenvalue weighted by Gasteiger charge is -2.33. The molecule has 0 unspecified atom stereocenters. The third kappa shape index (κ3) is 4.06. The maximum atomic E-state index is 5.91. The van der Waals surface area contributed by atoms with Crippen LogP contribution in [0.4, 0.5) is 0 Å². The number of hydrogen-bond acceptors (Lipinski definition) is 5. The van der Waals surface area contributed by atoms with Crippen LogP contribution in [0.25, 0.3) is 5.82 Å². The Labute approximate surface area is 141 Å². The minimum absolute atomic E-state index is 0.609. The number of rotatable bonds is 6. The fourth-order valence-electron chi connectivity index (χ4n) is 3.28. The van der Waals surface area contributed by atoms with Crippen LogP contribution in [0.3, 0.4) is 0 Å². The predicted molar refractivity (Wildman–Crippen MR) is 89.5 cm³/mol. The van der Waals surface area contributed by atoms with Crippen LogP contribution in [0.2, 0.25) is 5.02 Å². The lowest BCUT2D eigenvalue weighted by Crippen LogP contribution is -2.37. The molecule has 1 saturated carbocycles. The minimum atomic E-state index is 0.609. The smallest absolute Gasteiger partial charge is 0.172 e. The van der Waals surface area contributed by atoms with Gasteiger partial charge in [0, 0.05) is 12.2 Å². The van der Waals surface area contributed by atoms with Crippen molar-refractivity contribution in [2.45, 2.75) is 58.0 Å². The van der Waals surface area contributed by atoms with E-state index in [1.165, 1.54) is 32.1 Å². The third-order valence-electron chi connectivity index (χ3n) is 4.41. The monoisotopic (exact) mass is 334 g/mol. The van der Waals surface area contributed by atoms with Crippen LogP contribution in [0.5, 0.6) is 0 Å². The summed E-state index contributed by atoms with van der Waals surface area (Å²) in [7, 11) is 0. The molecule has 0 bridgehead atoms. The van der Waals surface area contributed by atoms with Gasteiger partial charge >= 0.3 is 0 Å². The first-order valence-corrected chi connectivity index (χ1v) is 8.79. The second-order valence-corrected chi connectivity index (χ2v) is 6.54. The molecule has 0 aliphatic heterocycles. The highest BCUT2D eigenvalue weighted by atomic mass is 35.5. The minimum Gasteiger partial charge on any atom is -0.293 e. The Kier molecular flexibility index (Phi) is 5.56. The van der Waals surface area contributed by atoms with Gasteiger partial charge in [-0.25, -0.2) is 4.98 Å². The Hall–Kier alpha value is -1.53. The molecule has 1 aliphatic carbocycles. The summed E-state index contributed by atoms with van der Waals surface area (Å²) in [6, 6.07) is 4.29. The Morgan fingerprint density at radius 3 is 2.78 bits per heavy atom. The number of pyridine rings is 1. The summed E-state index contributed by atoms with van der Waals surface area (Å²) in [5.41, 5.74) is 0. The fourth-order valence-corrected chi connectivity index (χ4v) is 3.39. The Balaban J connectivity index is 1.78. The van der Waals surface area contributed by atoms with Crippen molar-refractivity contribution in [2.75, 3.05) is 6.54 Å².